The van der Waals surface area contributed by atoms with Crippen molar-refractivity contribution in [3.63, 3.8) is 0 Å². The third-order valence-corrected chi connectivity index (χ3v) is 8.33. The molecule has 0 amide bonds. The van der Waals surface area contributed by atoms with Gasteiger partial charge >= 0.3 is 5.97 Å². The van der Waals surface area contributed by atoms with Crippen molar-refractivity contribution in [2.24, 2.45) is 0 Å². The molecule has 47 heavy (non-hydrogen) atoms. The van der Waals surface area contributed by atoms with Crippen molar-refractivity contribution in [1.82, 2.24) is 0 Å². The van der Waals surface area contributed by atoms with Crippen LogP contribution in [0.3, 0.4) is 0 Å². The zero-order valence-corrected chi connectivity index (χ0v) is 31.6. The number of ether oxygens (including phenoxy) is 2. The van der Waals surface area contributed by atoms with E-state index in [0.717, 1.165) is 83.5 Å². The lowest BCUT2D eigenvalue weighted by molar-refractivity contribution is -0.870. The first-order valence-corrected chi connectivity index (χ1v) is 19.8. The number of rotatable bonds is 33. The zero-order chi connectivity index (χ0) is 34.9. The molecule has 0 aliphatic heterocycles. The third-order valence-electron chi connectivity index (χ3n) is 7.36. The summed E-state index contributed by atoms with van der Waals surface area (Å²) in [5.41, 5.74) is 0. The molecular formula is C38H70NO7P. The van der Waals surface area contributed by atoms with Gasteiger partial charge in [-0.2, -0.15) is 0 Å². The summed E-state index contributed by atoms with van der Waals surface area (Å²) in [6.07, 6.45) is 35.5. The fourth-order valence-corrected chi connectivity index (χ4v) is 5.21. The largest absolute Gasteiger partial charge is 0.756 e. The van der Waals surface area contributed by atoms with Gasteiger partial charge in [-0.25, -0.2) is 0 Å². The van der Waals surface area contributed by atoms with Gasteiger partial charge in [0.2, 0.25) is 0 Å². The molecule has 0 spiro atoms. The van der Waals surface area contributed by atoms with Crippen LogP contribution in [-0.2, 0) is 27.9 Å². The van der Waals surface area contributed by atoms with Crippen LogP contribution >= 0.6 is 7.82 Å². The van der Waals surface area contributed by atoms with Crippen LogP contribution in [0.5, 0.6) is 0 Å². The average molecular weight is 684 g/mol. The summed E-state index contributed by atoms with van der Waals surface area (Å²) in [5.74, 6) is -0.357. The Labute approximate surface area is 288 Å². The van der Waals surface area contributed by atoms with Crippen LogP contribution in [0.1, 0.15) is 129 Å². The van der Waals surface area contributed by atoms with E-state index in [1.807, 2.05) is 21.1 Å². The van der Waals surface area contributed by atoms with Gasteiger partial charge in [0.25, 0.3) is 7.82 Å². The molecule has 0 aliphatic carbocycles. The Balaban J connectivity index is 4.38. The van der Waals surface area contributed by atoms with E-state index >= 15 is 0 Å². The molecule has 0 N–H and O–H groups in total. The Morgan fingerprint density at radius 2 is 1.23 bits per heavy atom. The lowest BCUT2D eigenvalue weighted by atomic mass is 10.1. The van der Waals surface area contributed by atoms with Crippen molar-refractivity contribution in [1.29, 1.82) is 0 Å². The van der Waals surface area contributed by atoms with Gasteiger partial charge in [0, 0.05) is 13.0 Å². The summed E-state index contributed by atoms with van der Waals surface area (Å²) in [6, 6.07) is 0. The molecule has 0 saturated heterocycles. The second-order valence-electron chi connectivity index (χ2n) is 13.2. The molecule has 0 radical (unpaired) electrons. The van der Waals surface area contributed by atoms with E-state index in [4.69, 9.17) is 18.5 Å². The molecule has 0 heterocycles. The lowest BCUT2D eigenvalue weighted by Crippen LogP contribution is -2.37. The third kappa shape index (κ3) is 35.6. The predicted molar refractivity (Wildman–Crippen MR) is 194 cm³/mol. The Kier molecular flexibility index (Phi) is 30.7. The molecule has 0 bridgehead atoms. The van der Waals surface area contributed by atoms with E-state index in [0.29, 0.717) is 24.1 Å². The fourth-order valence-electron chi connectivity index (χ4n) is 4.48. The minimum Gasteiger partial charge on any atom is -0.756 e. The SMILES string of the molecule is CC/C=C\C/C=C\C/C=C\CCCCCCOCC(COP(=O)([O-])OCC[N+](C)(C)C)OC(=O)CCCCCCC/C=C\CCCC. The maximum Gasteiger partial charge on any atom is 0.306 e. The number of phosphoric acid groups is 1. The molecule has 9 heteroatoms. The maximum absolute atomic E-state index is 12.6. The van der Waals surface area contributed by atoms with Gasteiger partial charge in [-0.3, -0.25) is 9.36 Å². The fraction of sp³-hybridized carbons (Fsp3) is 0.763. The van der Waals surface area contributed by atoms with E-state index in [9.17, 15) is 14.3 Å². The van der Waals surface area contributed by atoms with Crippen LogP contribution in [-0.4, -0.2) is 70.7 Å². The Bertz CT molecular complexity index is 895. The Hall–Kier alpha value is -1.54. The molecule has 2 unspecified atom stereocenters. The van der Waals surface area contributed by atoms with Crippen molar-refractivity contribution in [2.75, 3.05) is 54.1 Å². The van der Waals surface area contributed by atoms with Gasteiger partial charge in [-0.05, 0) is 64.2 Å². The molecule has 8 nitrogen and oxygen atoms in total. The summed E-state index contributed by atoms with van der Waals surface area (Å²) in [5, 5.41) is 0. The maximum atomic E-state index is 12.6. The normalized spacial score (nSPS) is 14.6. The lowest BCUT2D eigenvalue weighted by Gasteiger charge is -2.28. The van der Waals surface area contributed by atoms with Crippen LogP contribution in [0.25, 0.3) is 0 Å². The van der Waals surface area contributed by atoms with Gasteiger partial charge in [-0.1, -0.05) is 107 Å². The van der Waals surface area contributed by atoms with E-state index in [-0.39, 0.29) is 25.8 Å². The number of likely N-dealkylation sites (N-methyl/N-ethyl adjacent to an activating group) is 1. The van der Waals surface area contributed by atoms with Gasteiger partial charge in [-0.15, -0.1) is 0 Å². The van der Waals surface area contributed by atoms with Crippen LogP contribution in [0, 0.1) is 0 Å². The molecular weight excluding hydrogens is 613 g/mol. The summed E-state index contributed by atoms with van der Waals surface area (Å²) < 4.78 is 34.3. The molecule has 2 atom stereocenters. The van der Waals surface area contributed by atoms with Gasteiger partial charge in [0.15, 0.2) is 0 Å². The summed E-state index contributed by atoms with van der Waals surface area (Å²) >= 11 is 0. The number of unbranched alkanes of at least 4 members (excludes halogenated alkanes) is 11. The molecule has 0 fully saturated rings. The van der Waals surface area contributed by atoms with Crippen molar-refractivity contribution in [3.8, 4) is 0 Å². The molecule has 0 rings (SSSR count). The number of hydrogen-bond donors (Lipinski definition) is 0. The average Bonchev–Trinajstić information content (AvgIpc) is 3.01. The topological polar surface area (TPSA) is 94.1 Å². The summed E-state index contributed by atoms with van der Waals surface area (Å²) in [6.45, 7) is 5.16. The van der Waals surface area contributed by atoms with Gasteiger partial charge < -0.3 is 27.9 Å². The molecule has 0 aromatic heterocycles. The number of hydrogen-bond acceptors (Lipinski definition) is 7. The number of carbonyl (C=O) groups is 1. The predicted octanol–water partition coefficient (Wildman–Crippen LogP) is 9.41. The highest BCUT2D eigenvalue weighted by molar-refractivity contribution is 7.45. The van der Waals surface area contributed by atoms with E-state index in [2.05, 4.69) is 62.5 Å². The van der Waals surface area contributed by atoms with E-state index < -0.39 is 13.9 Å². The molecule has 274 valence electrons. The highest BCUT2D eigenvalue weighted by Crippen LogP contribution is 2.38. The number of allylic oxidation sites excluding steroid dienone is 8. The number of nitrogens with zero attached hydrogens (tertiary/aromatic N) is 1. The Morgan fingerprint density at radius 3 is 1.87 bits per heavy atom. The van der Waals surface area contributed by atoms with Gasteiger partial charge in [0.05, 0.1) is 34.4 Å². The second kappa shape index (κ2) is 31.7. The first-order valence-electron chi connectivity index (χ1n) is 18.4. The first kappa shape index (κ1) is 45.5. The quantitative estimate of drug-likeness (QED) is 0.0224. The minimum absolute atomic E-state index is 0.0180. The number of phosphoric ester groups is 1. The monoisotopic (exact) mass is 683 g/mol. The number of carbonyl (C=O) groups excluding carboxylic acids is 1. The van der Waals surface area contributed by atoms with Crippen LogP contribution in [0.15, 0.2) is 48.6 Å². The van der Waals surface area contributed by atoms with Gasteiger partial charge in [0.1, 0.15) is 19.3 Å². The molecule has 0 aliphatic rings. The summed E-state index contributed by atoms with van der Waals surface area (Å²) in [4.78, 5) is 24.9. The smallest absolute Gasteiger partial charge is 0.306 e. The zero-order valence-electron chi connectivity index (χ0n) is 30.7. The minimum atomic E-state index is -4.52. The van der Waals surface area contributed by atoms with Crippen LogP contribution in [0.2, 0.25) is 0 Å². The Morgan fingerprint density at radius 1 is 0.681 bits per heavy atom. The molecule has 0 saturated carbocycles. The van der Waals surface area contributed by atoms with E-state index in [1.165, 1.54) is 25.7 Å². The van der Waals surface area contributed by atoms with Crippen LogP contribution in [0.4, 0.5) is 0 Å². The highest BCUT2D eigenvalue weighted by Gasteiger charge is 2.20. The van der Waals surface area contributed by atoms with Crippen molar-refractivity contribution < 1.29 is 37.3 Å². The van der Waals surface area contributed by atoms with Crippen molar-refractivity contribution in [3.05, 3.63) is 48.6 Å². The number of quaternary nitrogens is 1. The van der Waals surface area contributed by atoms with Crippen LogP contribution < -0.4 is 4.89 Å². The second-order valence-corrected chi connectivity index (χ2v) is 14.6. The number of esters is 1. The molecule has 0 aromatic carbocycles. The summed E-state index contributed by atoms with van der Waals surface area (Å²) in [7, 11) is 1.32. The molecule has 0 aromatic rings. The highest BCUT2D eigenvalue weighted by atomic mass is 31.2. The standard InChI is InChI=1S/C38H70NO7P/c1-6-8-10-12-14-16-18-19-20-22-24-26-28-30-33-43-35-37(36-45-47(41,42)44-34-32-39(3,4)5)46-38(40)31-29-27-25-23-21-17-15-13-11-9-7-2/h8,10,13-16,19-20,37H,6-7,9,11-12,17-18,21-36H2,1-5H3/b10-8-,15-13-,16-14-,20-19-. The van der Waals surface area contributed by atoms with E-state index in [1.54, 1.807) is 0 Å². The first-order chi connectivity index (χ1) is 22.6. The van der Waals surface area contributed by atoms with Crippen molar-refractivity contribution in [2.45, 2.75) is 136 Å². The van der Waals surface area contributed by atoms with Crippen molar-refractivity contribution >= 4 is 13.8 Å².